The minimum atomic E-state index is -0.1000. The van der Waals surface area contributed by atoms with Gasteiger partial charge in [0.15, 0.2) is 0 Å². The van der Waals surface area contributed by atoms with Crippen molar-refractivity contribution in [1.82, 2.24) is 5.32 Å². The molecular weight excluding hydrogens is 174 g/mol. The third kappa shape index (κ3) is 2.44. The highest BCUT2D eigenvalue weighted by atomic mass is 16.1. The third-order valence-electron chi connectivity index (χ3n) is 3.20. The van der Waals surface area contributed by atoms with Crippen molar-refractivity contribution in [3.63, 3.8) is 0 Å². The van der Waals surface area contributed by atoms with Crippen molar-refractivity contribution < 1.29 is 4.79 Å². The van der Waals surface area contributed by atoms with E-state index in [9.17, 15) is 4.79 Å². The van der Waals surface area contributed by atoms with Crippen molar-refractivity contribution >= 4 is 5.78 Å². The van der Waals surface area contributed by atoms with E-state index in [2.05, 4.69) is 18.8 Å². The van der Waals surface area contributed by atoms with E-state index in [1.807, 2.05) is 6.92 Å². The monoisotopic (exact) mass is 195 g/mol. The molecule has 2 nitrogen and oxygen atoms in total. The summed E-state index contributed by atoms with van der Waals surface area (Å²) in [6.07, 6.45) is 3.67. The van der Waals surface area contributed by atoms with Crippen LogP contribution in [0.3, 0.4) is 0 Å². The van der Waals surface area contributed by atoms with Gasteiger partial charge < -0.3 is 5.32 Å². The first-order valence-corrected chi connectivity index (χ1v) is 5.49. The second kappa shape index (κ2) is 4.74. The first kappa shape index (κ1) is 11.4. The highest BCUT2D eigenvalue weighted by molar-refractivity contribution is 5.87. The van der Waals surface area contributed by atoms with E-state index >= 15 is 0 Å². The number of rotatable bonds is 4. The van der Waals surface area contributed by atoms with Crippen LogP contribution in [0.1, 0.15) is 39.5 Å². The van der Waals surface area contributed by atoms with Gasteiger partial charge in [-0.2, -0.15) is 0 Å². The van der Waals surface area contributed by atoms with Crippen LogP contribution >= 0.6 is 0 Å². The number of Topliss-reactive ketones (excluding diaryl/α,β-unsaturated/α-hetero) is 1. The predicted octanol–water partition coefficient (Wildman–Crippen LogP) is 2.30. The Bertz CT molecular complexity index is 226. The van der Waals surface area contributed by atoms with Gasteiger partial charge >= 0.3 is 0 Å². The Labute approximate surface area is 86.8 Å². The molecule has 0 aromatic heterocycles. The molecule has 1 unspecified atom stereocenters. The standard InChI is InChI=1S/C12H21NO/c1-4-12(6-5-7-13-9-12)11(14)8-10(2)3/h13H,2,4-9H2,1,3H3. The van der Waals surface area contributed by atoms with Crippen molar-refractivity contribution in [2.45, 2.75) is 39.5 Å². The fourth-order valence-corrected chi connectivity index (χ4v) is 2.17. The van der Waals surface area contributed by atoms with Gasteiger partial charge in [-0.05, 0) is 32.7 Å². The highest BCUT2D eigenvalue weighted by Crippen LogP contribution is 2.32. The van der Waals surface area contributed by atoms with E-state index in [-0.39, 0.29) is 5.41 Å². The number of carbonyl (C=O) groups is 1. The molecule has 0 spiro atoms. The Hall–Kier alpha value is -0.630. The second-order valence-corrected chi connectivity index (χ2v) is 4.47. The first-order valence-electron chi connectivity index (χ1n) is 5.49. The van der Waals surface area contributed by atoms with Crippen LogP contribution in [0.5, 0.6) is 0 Å². The van der Waals surface area contributed by atoms with Crippen molar-refractivity contribution in [2.75, 3.05) is 13.1 Å². The average Bonchev–Trinajstić information content (AvgIpc) is 2.18. The van der Waals surface area contributed by atoms with Crippen LogP contribution in [-0.2, 0) is 4.79 Å². The van der Waals surface area contributed by atoms with Crippen LogP contribution in [0.15, 0.2) is 12.2 Å². The quantitative estimate of drug-likeness (QED) is 0.697. The molecule has 1 aliphatic heterocycles. The van der Waals surface area contributed by atoms with Gasteiger partial charge in [-0.1, -0.05) is 19.1 Å². The van der Waals surface area contributed by atoms with Crippen molar-refractivity contribution in [3.05, 3.63) is 12.2 Å². The molecule has 1 heterocycles. The average molecular weight is 195 g/mol. The Kier molecular flexibility index (Phi) is 3.87. The lowest BCUT2D eigenvalue weighted by atomic mass is 9.73. The van der Waals surface area contributed by atoms with Gasteiger partial charge in [-0.3, -0.25) is 4.79 Å². The molecule has 0 radical (unpaired) electrons. The van der Waals surface area contributed by atoms with Crippen LogP contribution < -0.4 is 5.32 Å². The van der Waals surface area contributed by atoms with Crippen molar-refractivity contribution in [1.29, 1.82) is 0 Å². The van der Waals surface area contributed by atoms with Crippen LogP contribution in [0.2, 0.25) is 0 Å². The Balaban J connectivity index is 2.67. The third-order valence-corrected chi connectivity index (χ3v) is 3.20. The smallest absolute Gasteiger partial charge is 0.144 e. The SMILES string of the molecule is C=C(C)CC(=O)C1(CC)CCCNC1. The zero-order chi connectivity index (χ0) is 10.6. The number of hydrogen-bond acceptors (Lipinski definition) is 2. The molecule has 0 aromatic rings. The number of hydrogen-bond donors (Lipinski definition) is 1. The molecule has 1 rings (SSSR count). The topological polar surface area (TPSA) is 29.1 Å². The second-order valence-electron chi connectivity index (χ2n) is 4.47. The van der Waals surface area contributed by atoms with Gasteiger partial charge in [0, 0.05) is 18.4 Å². The summed E-state index contributed by atoms with van der Waals surface area (Å²) in [6.45, 7) is 9.77. The zero-order valence-corrected chi connectivity index (χ0v) is 9.36. The van der Waals surface area contributed by atoms with Gasteiger partial charge in [0.05, 0.1) is 0 Å². The van der Waals surface area contributed by atoms with Crippen LogP contribution in [0, 0.1) is 5.41 Å². The molecule has 1 fully saturated rings. The molecule has 0 aliphatic carbocycles. The van der Waals surface area contributed by atoms with Gasteiger partial charge in [0.25, 0.3) is 0 Å². The number of carbonyl (C=O) groups excluding carboxylic acids is 1. The summed E-state index contributed by atoms with van der Waals surface area (Å²) in [5.74, 6) is 0.375. The van der Waals surface area contributed by atoms with Gasteiger partial charge in [-0.15, -0.1) is 0 Å². The molecule has 1 N–H and O–H groups in total. The van der Waals surface area contributed by atoms with Crippen molar-refractivity contribution in [2.24, 2.45) is 5.41 Å². The number of allylic oxidation sites excluding steroid dienone is 1. The molecule has 80 valence electrons. The molecule has 0 amide bonds. The Morgan fingerprint density at radius 2 is 2.29 bits per heavy atom. The molecular formula is C12H21NO. The summed E-state index contributed by atoms with van der Waals surface area (Å²) in [5.41, 5.74) is 0.880. The van der Waals surface area contributed by atoms with Gasteiger partial charge in [0.1, 0.15) is 5.78 Å². The molecule has 2 heteroatoms. The molecule has 1 aliphatic rings. The maximum atomic E-state index is 12.1. The van der Waals surface area contributed by atoms with E-state index in [4.69, 9.17) is 0 Å². The zero-order valence-electron chi connectivity index (χ0n) is 9.36. The first-order chi connectivity index (χ1) is 6.60. The molecule has 1 atom stereocenters. The maximum absolute atomic E-state index is 12.1. The van der Waals surface area contributed by atoms with Crippen LogP contribution in [-0.4, -0.2) is 18.9 Å². The summed E-state index contributed by atoms with van der Waals surface area (Å²) < 4.78 is 0. The fourth-order valence-electron chi connectivity index (χ4n) is 2.17. The Morgan fingerprint density at radius 1 is 1.57 bits per heavy atom. The lowest BCUT2D eigenvalue weighted by Gasteiger charge is -2.35. The number of nitrogens with one attached hydrogen (secondary N) is 1. The lowest BCUT2D eigenvalue weighted by Crippen LogP contribution is -2.45. The molecule has 14 heavy (non-hydrogen) atoms. The lowest BCUT2D eigenvalue weighted by molar-refractivity contribution is -0.129. The fraction of sp³-hybridized carbons (Fsp3) is 0.750. The minimum Gasteiger partial charge on any atom is -0.316 e. The van der Waals surface area contributed by atoms with E-state index in [1.165, 1.54) is 0 Å². The van der Waals surface area contributed by atoms with Gasteiger partial charge in [0.2, 0.25) is 0 Å². The van der Waals surface area contributed by atoms with E-state index in [0.29, 0.717) is 12.2 Å². The molecule has 0 aromatic carbocycles. The maximum Gasteiger partial charge on any atom is 0.144 e. The number of ketones is 1. The van der Waals surface area contributed by atoms with Crippen LogP contribution in [0.4, 0.5) is 0 Å². The summed E-state index contributed by atoms with van der Waals surface area (Å²) >= 11 is 0. The van der Waals surface area contributed by atoms with Gasteiger partial charge in [-0.25, -0.2) is 0 Å². The largest absolute Gasteiger partial charge is 0.316 e. The predicted molar refractivity (Wildman–Crippen MR) is 59.3 cm³/mol. The summed E-state index contributed by atoms with van der Waals surface area (Å²) in [5, 5.41) is 3.33. The molecule has 0 saturated carbocycles. The normalized spacial score (nSPS) is 27.3. The van der Waals surface area contributed by atoms with Crippen LogP contribution in [0.25, 0.3) is 0 Å². The summed E-state index contributed by atoms with van der Waals surface area (Å²) in [6, 6.07) is 0. The highest BCUT2D eigenvalue weighted by Gasteiger charge is 2.36. The van der Waals surface area contributed by atoms with E-state index in [0.717, 1.165) is 37.9 Å². The van der Waals surface area contributed by atoms with E-state index in [1.54, 1.807) is 0 Å². The minimum absolute atomic E-state index is 0.1000. The summed E-state index contributed by atoms with van der Waals surface area (Å²) in [4.78, 5) is 12.1. The molecule has 0 bridgehead atoms. The van der Waals surface area contributed by atoms with Crippen molar-refractivity contribution in [3.8, 4) is 0 Å². The Morgan fingerprint density at radius 3 is 2.71 bits per heavy atom. The molecule has 1 saturated heterocycles. The number of piperidine rings is 1. The summed E-state index contributed by atoms with van der Waals surface area (Å²) in [7, 11) is 0. The van der Waals surface area contributed by atoms with E-state index < -0.39 is 0 Å².